The van der Waals surface area contributed by atoms with Crippen LogP contribution in [-0.4, -0.2) is 25.4 Å². The van der Waals surface area contributed by atoms with Crippen molar-refractivity contribution in [3.8, 4) is 17.9 Å². The summed E-state index contributed by atoms with van der Waals surface area (Å²) in [5.74, 6) is 5.60. The van der Waals surface area contributed by atoms with Crippen LogP contribution in [0.15, 0.2) is 18.2 Å². The largest absolute Gasteiger partial charge is 0.395 e. The third-order valence-corrected chi connectivity index (χ3v) is 4.15. The summed E-state index contributed by atoms with van der Waals surface area (Å²) in [6.45, 7) is 3.07. The Morgan fingerprint density at radius 1 is 1.45 bits per heavy atom. The molecule has 1 rings (SSSR count). The smallest absolute Gasteiger partial charge is 0.248 e. The van der Waals surface area contributed by atoms with E-state index in [9.17, 15) is 8.42 Å². The Hall–Kier alpha value is -2.02. The van der Waals surface area contributed by atoms with Crippen LogP contribution in [0.25, 0.3) is 0 Å². The van der Waals surface area contributed by atoms with E-state index < -0.39 is 15.3 Å². The average molecular weight is 292 g/mol. The predicted octanol–water partition coefficient (Wildman–Crippen LogP) is 1.38. The van der Waals surface area contributed by atoms with Crippen molar-refractivity contribution in [3.05, 3.63) is 29.3 Å². The highest BCUT2D eigenvalue weighted by molar-refractivity contribution is 7.93. The van der Waals surface area contributed by atoms with Crippen molar-refractivity contribution in [1.29, 1.82) is 5.26 Å². The highest BCUT2D eigenvalue weighted by Crippen LogP contribution is 2.19. The van der Waals surface area contributed by atoms with Gasteiger partial charge in [-0.1, -0.05) is 17.9 Å². The van der Waals surface area contributed by atoms with Gasteiger partial charge in [0.1, 0.15) is 0 Å². The van der Waals surface area contributed by atoms with E-state index in [-0.39, 0.29) is 6.61 Å². The van der Waals surface area contributed by atoms with E-state index in [1.165, 1.54) is 6.92 Å². The molecule has 1 aromatic rings. The molecule has 0 radical (unpaired) electrons. The van der Waals surface area contributed by atoms with Crippen molar-refractivity contribution >= 4 is 15.7 Å². The van der Waals surface area contributed by atoms with Crippen LogP contribution in [0.5, 0.6) is 0 Å². The van der Waals surface area contributed by atoms with Gasteiger partial charge in [0, 0.05) is 12.0 Å². The summed E-state index contributed by atoms with van der Waals surface area (Å²) in [7, 11) is -3.73. The number of nitriles is 1. The Bertz CT molecular complexity index is 679. The standard InChI is InChI=1S/C14H16N2O3S/c1-11-6-7-13(5-3-4-8-17)9-14(11)16-20(18,19)12(2)10-15/h6-7,9,12,16-17H,4,8H2,1-2H3. The molecule has 0 heterocycles. The molecule has 1 unspecified atom stereocenters. The molecule has 0 aliphatic heterocycles. The molecule has 1 atom stereocenters. The minimum atomic E-state index is -3.73. The maximum atomic E-state index is 11.9. The summed E-state index contributed by atoms with van der Waals surface area (Å²) in [6.07, 6.45) is 0.362. The lowest BCUT2D eigenvalue weighted by Gasteiger charge is -2.12. The molecule has 0 aliphatic rings. The lowest BCUT2D eigenvalue weighted by Crippen LogP contribution is -2.24. The number of rotatable bonds is 4. The monoisotopic (exact) mass is 292 g/mol. The van der Waals surface area contributed by atoms with Gasteiger partial charge in [-0.2, -0.15) is 5.26 Å². The Kier molecular flexibility index (Phi) is 5.57. The first-order valence-corrected chi connectivity index (χ1v) is 7.57. The minimum Gasteiger partial charge on any atom is -0.395 e. The first-order chi connectivity index (χ1) is 9.40. The fourth-order valence-corrected chi connectivity index (χ4v) is 2.18. The second-order valence-corrected chi connectivity index (χ2v) is 6.22. The highest BCUT2D eigenvalue weighted by atomic mass is 32.2. The summed E-state index contributed by atoms with van der Waals surface area (Å²) in [4.78, 5) is 0. The molecule has 0 aliphatic carbocycles. The average Bonchev–Trinajstić information content (AvgIpc) is 2.41. The van der Waals surface area contributed by atoms with Crippen molar-refractivity contribution < 1.29 is 13.5 Å². The van der Waals surface area contributed by atoms with Gasteiger partial charge in [-0.3, -0.25) is 4.72 Å². The van der Waals surface area contributed by atoms with Gasteiger partial charge in [-0.05, 0) is 31.5 Å². The molecule has 0 saturated carbocycles. The van der Waals surface area contributed by atoms with E-state index in [0.29, 0.717) is 17.7 Å². The molecule has 0 amide bonds. The Labute approximate surface area is 119 Å². The lowest BCUT2D eigenvalue weighted by atomic mass is 10.1. The van der Waals surface area contributed by atoms with Crippen LogP contribution in [0.3, 0.4) is 0 Å². The molecule has 20 heavy (non-hydrogen) atoms. The summed E-state index contributed by atoms with van der Waals surface area (Å²) in [5, 5.41) is 16.2. The molecule has 0 saturated heterocycles. The minimum absolute atomic E-state index is 0.0158. The van der Waals surface area contributed by atoms with Gasteiger partial charge < -0.3 is 5.11 Å². The van der Waals surface area contributed by atoms with Gasteiger partial charge in [0.05, 0.1) is 18.4 Å². The van der Waals surface area contributed by atoms with Crippen LogP contribution in [0.1, 0.15) is 24.5 Å². The number of hydrogen-bond acceptors (Lipinski definition) is 4. The number of aliphatic hydroxyl groups excluding tert-OH is 1. The summed E-state index contributed by atoms with van der Waals surface area (Å²) in [6, 6.07) is 6.82. The first-order valence-electron chi connectivity index (χ1n) is 6.02. The molecule has 0 fully saturated rings. The van der Waals surface area contributed by atoms with Gasteiger partial charge in [0.25, 0.3) is 0 Å². The van der Waals surface area contributed by atoms with Crippen molar-refractivity contribution in [2.75, 3.05) is 11.3 Å². The van der Waals surface area contributed by atoms with Crippen LogP contribution in [-0.2, 0) is 10.0 Å². The molecular formula is C14H16N2O3S. The van der Waals surface area contributed by atoms with E-state index in [4.69, 9.17) is 10.4 Å². The van der Waals surface area contributed by atoms with Gasteiger partial charge in [-0.25, -0.2) is 8.42 Å². The third-order valence-electron chi connectivity index (χ3n) is 2.61. The molecule has 0 bridgehead atoms. The molecular weight excluding hydrogens is 276 g/mol. The molecule has 6 heteroatoms. The number of hydrogen-bond donors (Lipinski definition) is 2. The topological polar surface area (TPSA) is 90.2 Å². The zero-order valence-electron chi connectivity index (χ0n) is 11.3. The summed E-state index contributed by atoms with van der Waals surface area (Å²) < 4.78 is 26.1. The second kappa shape index (κ2) is 6.95. The van der Waals surface area contributed by atoms with Gasteiger partial charge in [0.2, 0.25) is 10.0 Å². The SMILES string of the molecule is Cc1ccc(C#CCCO)cc1NS(=O)(=O)C(C)C#N. The Balaban J connectivity index is 3.06. The molecule has 106 valence electrons. The van der Waals surface area contributed by atoms with Gasteiger partial charge in [-0.15, -0.1) is 0 Å². The predicted molar refractivity (Wildman–Crippen MR) is 77.4 cm³/mol. The number of nitrogens with zero attached hydrogens (tertiary/aromatic N) is 1. The molecule has 5 nitrogen and oxygen atoms in total. The quantitative estimate of drug-likeness (QED) is 0.820. The van der Waals surface area contributed by atoms with E-state index in [1.54, 1.807) is 31.2 Å². The van der Waals surface area contributed by atoms with Gasteiger partial charge >= 0.3 is 0 Å². The number of sulfonamides is 1. The maximum Gasteiger partial charge on any atom is 0.248 e. The van der Waals surface area contributed by atoms with Crippen molar-refractivity contribution in [3.63, 3.8) is 0 Å². The van der Waals surface area contributed by atoms with Crippen LogP contribution < -0.4 is 4.72 Å². The fraction of sp³-hybridized carbons (Fsp3) is 0.357. The molecule has 2 N–H and O–H groups in total. The zero-order chi connectivity index (χ0) is 15.2. The number of benzene rings is 1. The van der Waals surface area contributed by atoms with E-state index in [0.717, 1.165) is 5.56 Å². The Morgan fingerprint density at radius 2 is 2.15 bits per heavy atom. The highest BCUT2D eigenvalue weighted by Gasteiger charge is 2.20. The van der Waals surface area contributed by atoms with Crippen LogP contribution in [0.4, 0.5) is 5.69 Å². The van der Waals surface area contributed by atoms with Crippen LogP contribution in [0.2, 0.25) is 0 Å². The van der Waals surface area contributed by atoms with Crippen molar-refractivity contribution in [1.82, 2.24) is 0 Å². The third kappa shape index (κ3) is 4.27. The van der Waals surface area contributed by atoms with Crippen molar-refractivity contribution in [2.24, 2.45) is 0 Å². The zero-order valence-corrected chi connectivity index (χ0v) is 12.2. The van der Waals surface area contributed by atoms with Gasteiger partial charge in [0.15, 0.2) is 5.25 Å². The number of aliphatic hydroxyl groups is 1. The normalized spacial score (nSPS) is 11.9. The number of anilines is 1. The first kappa shape index (κ1) is 16.0. The number of aryl methyl sites for hydroxylation is 1. The van der Waals surface area contributed by atoms with E-state index >= 15 is 0 Å². The fourth-order valence-electron chi connectivity index (χ4n) is 1.34. The molecule has 1 aromatic carbocycles. The van der Waals surface area contributed by atoms with E-state index in [2.05, 4.69) is 16.6 Å². The van der Waals surface area contributed by atoms with Crippen LogP contribution >= 0.6 is 0 Å². The lowest BCUT2D eigenvalue weighted by molar-refractivity contribution is 0.305. The van der Waals surface area contributed by atoms with E-state index in [1.807, 2.05) is 0 Å². The Morgan fingerprint density at radius 3 is 2.75 bits per heavy atom. The number of nitrogens with one attached hydrogen (secondary N) is 1. The maximum absolute atomic E-state index is 11.9. The molecule has 0 aromatic heterocycles. The molecule has 0 spiro atoms. The van der Waals surface area contributed by atoms with Crippen LogP contribution in [0, 0.1) is 30.1 Å². The second-order valence-electron chi connectivity index (χ2n) is 4.22. The summed E-state index contributed by atoms with van der Waals surface area (Å²) >= 11 is 0. The summed E-state index contributed by atoms with van der Waals surface area (Å²) in [5.41, 5.74) is 1.79. The van der Waals surface area contributed by atoms with Crippen molar-refractivity contribution in [2.45, 2.75) is 25.5 Å².